The highest BCUT2D eigenvalue weighted by atomic mass is 32.2. The topological polar surface area (TPSA) is 102 Å². The Morgan fingerprint density at radius 2 is 1.86 bits per heavy atom. The van der Waals surface area contributed by atoms with Crippen molar-refractivity contribution in [1.29, 1.82) is 0 Å². The van der Waals surface area contributed by atoms with Crippen molar-refractivity contribution in [2.24, 2.45) is 0 Å². The highest BCUT2D eigenvalue weighted by Crippen LogP contribution is 2.27. The first-order chi connectivity index (χ1) is 13.8. The molecule has 2 N–H and O–H groups in total. The Bertz CT molecular complexity index is 899. The highest BCUT2D eigenvalue weighted by molar-refractivity contribution is 7.90. The summed E-state index contributed by atoms with van der Waals surface area (Å²) >= 11 is 0. The van der Waals surface area contributed by atoms with E-state index in [0.717, 1.165) is 18.2 Å². The molecule has 0 saturated heterocycles. The number of ether oxygens (including phenoxy) is 2. The Morgan fingerprint density at radius 3 is 2.48 bits per heavy atom. The van der Waals surface area contributed by atoms with Crippen LogP contribution in [0, 0.1) is 0 Å². The van der Waals surface area contributed by atoms with Gasteiger partial charge in [-0.3, -0.25) is 0 Å². The minimum Gasteiger partial charge on any atom is -0.478 e. The van der Waals surface area contributed by atoms with Gasteiger partial charge in [0.25, 0.3) is 0 Å². The van der Waals surface area contributed by atoms with E-state index in [1.165, 1.54) is 6.07 Å². The third-order valence-corrected chi connectivity index (χ3v) is 4.93. The molecule has 0 radical (unpaired) electrons. The van der Waals surface area contributed by atoms with Gasteiger partial charge in [-0.05, 0) is 42.2 Å². The molecule has 2 aromatic rings. The van der Waals surface area contributed by atoms with Gasteiger partial charge in [-0.15, -0.1) is 0 Å². The lowest BCUT2D eigenvalue weighted by Crippen LogP contribution is -2.15. The molecule has 0 fully saturated rings. The van der Waals surface area contributed by atoms with Gasteiger partial charge in [0.1, 0.15) is 5.88 Å². The molecule has 1 atom stereocenters. The Morgan fingerprint density at radius 1 is 1.14 bits per heavy atom. The van der Waals surface area contributed by atoms with E-state index in [1.54, 1.807) is 19.2 Å². The van der Waals surface area contributed by atoms with Gasteiger partial charge in [0.15, 0.2) is 9.84 Å². The third-order valence-electron chi connectivity index (χ3n) is 4.26. The van der Waals surface area contributed by atoms with Crippen LogP contribution in [0.4, 0.5) is 5.69 Å². The second-order valence-electron chi connectivity index (χ2n) is 6.77. The smallest absolute Gasteiger partial charge is 0.335 e. The second-order valence-corrected chi connectivity index (χ2v) is 8.91. The fourth-order valence-corrected chi connectivity index (χ4v) is 3.27. The van der Waals surface area contributed by atoms with Crippen LogP contribution in [0.1, 0.15) is 34.0 Å². The van der Waals surface area contributed by atoms with Crippen molar-refractivity contribution < 1.29 is 27.8 Å². The quantitative estimate of drug-likeness (QED) is 0.508. The average Bonchev–Trinajstić information content (AvgIpc) is 2.69. The van der Waals surface area contributed by atoms with E-state index in [4.69, 9.17) is 9.47 Å². The van der Waals surface area contributed by atoms with E-state index < -0.39 is 15.8 Å². The first-order valence-electron chi connectivity index (χ1n) is 9.23. The van der Waals surface area contributed by atoms with Gasteiger partial charge < -0.3 is 19.9 Å². The lowest BCUT2D eigenvalue weighted by Gasteiger charge is -2.20. The van der Waals surface area contributed by atoms with Crippen LogP contribution in [0.25, 0.3) is 0 Å². The molecular weight excluding hydrogens is 394 g/mol. The van der Waals surface area contributed by atoms with Crippen molar-refractivity contribution in [3.8, 4) is 0 Å². The number of carbonyl (C=O) groups is 1. The van der Waals surface area contributed by atoms with Crippen LogP contribution in [0.3, 0.4) is 0 Å². The normalized spacial score (nSPS) is 12.5. The van der Waals surface area contributed by atoms with Crippen LogP contribution in [-0.4, -0.2) is 51.9 Å². The standard InChI is InChI=1S/C21H27NO6S/c1-27-10-11-28-20(9-8-16-6-4-3-5-7-16)17-12-18(21(23)24)14-19(13-17)22-15-29(2,25)26/h3-7,12-14,20,22H,8-11,15H2,1-2H3,(H,23,24). The van der Waals surface area contributed by atoms with Crippen LogP contribution in [0.15, 0.2) is 48.5 Å². The number of rotatable bonds is 12. The van der Waals surface area contributed by atoms with Crippen LogP contribution in [-0.2, 0) is 25.7 Å². The molecule has 0 aliphatic heterocycles. The summed E-state index contributed by atoms with van der Waals surface area (Å²) in [5, 5.41) is 12.2. The zero-order valence-corrected chi connectivity index (χ0v) is 17.4. The minimum atomic E-state index is -3.26. The number of carboxylic acids is 1. The fraction of sp³-hybridized carbons (Fsp3) is 0.381. The molecule has 0 bridgehead atoms. The van der Waals surface area contributed by atoms with E-state index in [9.17, 15) is 18.3 Å². The molecule has 2 aromatic carbocycles. The molecule has 8 heteroatoms. The highest BCUT2D eigenvalue weighted by Gasteiger charge is 2.17. The molecular formula is C21H27NO6S. The van der Waals surface area contributed by atoms with Gasteiger partial charge >= 0.3 is 5.97 Å². The summed E-state index contributed by atoms with van der Waals surface area (Å²) in [4.78, 5) is 11.6. The predicted octanol–water partition coefficient (Wildman–Crippen LogP) is 3.14. The predicted molar refractivity (Wildman–Crippen MR) is 112 cm³/mol. The van der Waals surface area contributed by atoms with Crippen molar-refractivity contribution in [3.05, 3.63) is 65.2 Å². The second kappa shape index (κ2) is 10.9. The molecule has 158 valence electrons. The largest absolute Gasteiger partial charge is 0.478 e. The van der Waals surface area contributed by atoms with E-state index in [1.807, 2.05) is 30.3 Å². The number of sulfone groups is 1. The maximum absolute atomic E-state index is 11.6. The van der Waals surface area contributed by atoms with E-state index in [2.05, 4.69) is 5.32 Å². The number of hydrogen-bond donors (Lipinski definition) is 2. The molecule has 0 saturated carbocycles. The lowest BCUT2D eigenvalue weighted by molar-refractivity contribution is 0.0122. The van der Waals surface area contributed by atoms with Gasteiger partial charge in [-0.1, -0.05) is 30.3 Å². The first-order valence-corrected chi connectivity index (χ1v) is 11.3. The fourth-order valence-electron chi connectivity index (χ4n) is 2.84. The lowest BCUT2D eigenvalue weighted by atomic mass is 9.98. The number of aromatic carboxylic acids is 1. The zero-order chi connectivity index (χ0) is 21.3. The molecule has 0 spiro atoms. The van der Waals surface area contributed by atoms with Crippen molar-refractivity contribution in [2.45, 2.75) is 18.9 Å². The minimum absolute atomic E-state index is 0.0681. The van der Waals surface area contributed by atoms with Crippen LogP contribution >= 0.6 is 0 Å². The van der Waals surface area contributed by atoms with Crippen LogP contribution < -0.4 is 5.32 Å². The van der Waals surface area contributed by atoms with Crippen molar-refractivity contribution in [2.75, 3.05) is 37.8 Å². The van der Waals surface area contributed by atoms with Crippen LogP contribution in [0.5, 0.6) is 0 Å². The summed E-state index contributed by atoms with van der Waals surface area (Å²) in [7, 11) is -1.67. The molecule has 1 unspecified atom stereocenters. The molecule has 0 aliphatic carbocycles. The number of nitrogens with one attached hydrogen (secondary N) is 1. The Hall–Kier alpha value is -2.42. The molecule has 29 heavy (non-hydrogen) atoms. The Kier molecular flexibility index (Phi) is 8.63. The number of benzene rings is 2. The summed E-state index contributed by atoms with van der Waals surface area (Å²) in [6.07, 6.45) is 2.14. The number of carboxylic acid groups (broad SMARTS) is 1. The number of hydrogen-bond acceptors (Lipinski definition) is 6. The molecule has 0 aromatic heterocycles. The van der Waals surface area contributed by atoms with Gasteiger partial charge in [-0.25, -0.2) is 13.2 Å². The van der Waals surface area contributed by atoms with Crippen molar-refractivity contribution in [1.82, 2.24) is 0 Å². The van der Waals surface area contributed by atoms with Gasteiger partial charge in [0.05, 0.1) is 24.9 Å². The zero-order valence-electron chi connectivity index (χ0n) is 16.6. The summed E-state index contributed by atoms with van der Waals surface area (Å²) < 4.78 is 33.9. The number of methoxy groups -OCH3 is 1. The van der Waals surface area contributed by atoms with Gasteiger partial charge in [0, 0.05) is 19.1 Å². The molecule has 0 amide bonds. The molecule has 0 aliphatic rings. The number of anilines is 1. The Balaban J connectivity index is 2.27. The van der Waals surface area contributed by atoms with E-state index >= 15 is 0 Å². The summed E-state index contributed by atoms with van der Waals surface area (Å²) in [5.74, 6) is -1.37. The average molecular weight is 422 g/mol. The SMILES string of the molecule is COCCOC(CCc1ccccc1)c1cc(NCS(C)(=O)=O)cc(C(=O)O)c1. The number of aryl methyl sites for hydroxylation is 1. The van der Waals surface area contributed by atoms with Crippen molar-refractivity contribution >= 4 is 21.5 Å². The third kappa shape index (κ3) is 8.23. The summed E-state index contributed by atoms with van der Waals surface area (Å²) in [6.45, 7) is 0.777. The van der Waals surface area contributed by atoms with E-state index in [-0.39, 0.29) is 17.5 Å². The maximum atomic E-state index is 11.6. The monoisotopic (exact) mass is 421 g/mol. The summed E-state index contributed by atoms with van der Waals surface area (Å²) in [5.41, 5.74) is 2.31. The van der Waals surface area contributed by atoms with Crippen molar-refractivity contribution in [3.63, 3.8) is 0 Å². The first kappa shape index (κ1) is 22.9. The Labute approximate surface area is 171 Å². The molecule has 0 heterocycles. The summed E-state index contributed by atoms with van der Waals surface area (Å²) in [6, 6.07) is 14.7. The maximum Gasteiger partial charge on any atom is 0.335 e. The molecule has 2 rings (SSSR count). The van der Waals surface area contributed by atoms with Gasteiger partial charge in [0.2, 0.25) is 0 Å². The molecule has 7 nitrogen and oxygen atoms in total. The van der Waals surface area contributed by atoms with Gasteiger partial charge in [-0.2, -0.15) is 0 Å². The van der Waals surface area contributed by atoms with Crippen LogP contribution in [0.2, 0.25) is 0 Å². The van der Waals surface area contributed by atoms with E-state index in [0.29, 0.717) is 30.9 Å².